The van der Waals surface area contributed by atoms with Gasteiger partial charge in [-0.25, -0.2) is 9.37 Å². The van der Waals surface area contributed by atoms with Gasteiger partial charge in [-0.05, 0) is 37.3 Å². The van der Waals surface area contributed by atoms with Gasteiger partial charge in [0, 0.05) is 42.2 Å². The quantitative estimate of drug-likeness (QED) is 0.609. The highest BCUT2D eigenvalue weighted by Crippen LogP contribution is 2.19. The predicted molar refractivity (Wildman–Crippen MR) is 105 cm³/mol. The molecule has 27 heavy (non-hydrogen) atoms. The Bertz CT molecular complexity index is 943. The summed E-state index contributed by atoms with van der Waals surface area (Å²) < 4.78 is 13.7. The van der Waals surface area contributed by atoms with E-state index in [2.05, 4.69) is 25.9 Å². The summed E-state index contributed by atoms with van der Waals surface area (Å²) in [4.78, 5) is 19.8. The summed E-state index contributed by atoms with van der Waals surface area (Å²) in [5.74, 6) is 0.643. The molecule has 0 aliphatic heterocycles. The van der Waals surface area contributed by atoms with Crippen LogP contribution in [0.5, 0.6) is 0 Å². The Balaban J connectivity index is 1.69. The minimum Gasteiger partial charge on any atom is -0.350 e. The average Bonchev–Trinajstić information content (AvgIpc) is 2.62. The monoisotopic (exact) mass is 365 g/mol. The minimum atomic E-state index is -0.268. The summed E-state index contributed by atoms with van der Waals surface area (Å²) in [6.07, 6.45) is 0. The highest BCUT2D eigenvalue weighted by molar-refractivity contribution is 5.88. The smallest absolute Gasteiger partial charge is 0.225 e. The number of hydrogen-bond acceptors (Lipinski definition) is 5. The van der Waals surface area contributed by atoms with Gasteiger partial charge in [0.25, 0.3) is 0 Å². The number of anilines is 4. The molecule has 1 heterocycles. The molecule has 0 radical (unpaired) electrons. The zero-order valence-electron chi connectivity index (χ0n) is 15.1. The normalized spacial score (nSPS) is 10.3. The number of amides is 1. The molecule has 1 aromatic heterocycles. The second-order valence-electron chi connectivity index (χ2n) is 6.05. The van der Waals surface area contributed by atoms with E-state index in [4.69, 9.17) is 0 Å². The van der Waals surface area contributed by atoms with Crippen molar-refractivity contribution in [2.45, 2.75) is 20.4 Å². The number of aryl methyl sites for hydroxylation is 1. The van der Waals surface area contributed by atoms with E-state index in [1.54, 1.807) is 30.3 Å². The van der Waals surface area contributed by atoms with E-state index in [1.165, 1.54) is 13.0 Å². The van der Waals surface area contributed by atoms with E-state index in [0.717, 1.165) is 17.1 Å². The van der Waals surface area contributed by atoms with Crippen molar-refractivity contribution >= 4 is 29.0 Å². The van der Waals surface area contributed by atoms with Gasteiger partial charge >= 0.3 is 0 Å². The van der Waals surface area contributed by atoms with Crippen LogP contribution in [-0.4, -0.2) is 15.9 Å². The van der Waals surface area contributed by atoms with Gasteiger partial charge in [0.15, 0.2) is 0 Å². The fraction of sp³-hybridized carbons (Fsp3) is 0.150. The Morgan fingerprint density at radius 2 is 1.74 bits per heavy atom. The van der Waals surface area contributed by atoms with Crippen molar-refractivity contribution in [3.05, 3.63) is 71.7 Å². The van der Waals surface area contributed by atoms with Crippen molar-refractivity contribution in [2.24, 2.45) is 0 Å². The van der Waals surface area contributed by atoms with Gasteiger partial charge in [-0.2, -0.15) is 4.98 Å². The molecule has 0 fully saturated rings. The third kappa shape index (κ3) is 5.24. The van der Waals surface area contributed by atoms with Crippen molar-refractivity contribution in [3.63, 3.8) is 0 Å². The molecule has 0 spiro atoms. The molecular weight excluding hydrogens is 345 g/mol. The molecule has 0 aliphatic carbocycles. The zero-order valence-corrected chi connectivity index (χ0v) is 15.1. The van der Waals surface area contributed by atoms with Crippen molar-refractivity contribution in [1.82, 2.24) is 9.97 Å². The number of carbonyl (C=O) groups excluding carboxylic acids is 1. The molecule has 0 bridgehead atoms. The van der Waals surface area contributed by atoms with E-state index in [9.17, 15) is 9.18 Å². The van der Waals surface area contributed by atoms with E-state index < -0.39 is 0 Å². The van der Waals surface area contributed by atoms with Crippen LogP contribution in [0.1, 0.15) is 18.2 Å². The first-order valence-corrected chi connectivity index (χ1v) is 8.47. The first kappa shape index (κ1) is 18.3. The van der Waals surface area contributed by atoms with E-state index in [-0.39, 0.29) is 11.7 Å². The molecular formula is C20H20FN5O. The lowest BCUT2D eigenvalue weighted by Gasteiger charge is -2.11. The van der Waals surface area contributed by atoms with Gasteiger partial charge in [-0.15, -0.1) is 0 Å². The number of hydrogen-bond donors (Lipinski definition) is 3. The number of nitrogens with zero attached hydrogens (tertiary/aromatic N) is 2. The van der Waals surface area contributed by atoms with E-state index in [1.807, 2.05) is 25.1 Å². The molecule has 1 amide bonds. The summed E-state index contributed by atoms with van der Waals surface area (Å²) in [7, 11) is 0. The summed E-state index contributed by atoms with van der Waals surface area (Å²) in [6.45, 7) is 3.62. The standard InChI is InChI=1S/C20H20FN5O/c1-13-11-19(25-17-9-7-16(8-10-17)24-14(2)27)26-20(23-13)22-12-15-5-3-4-6-18(15)21/h3-11H,12H2,1-2H3,(H,24,27)(H2,22,23,25,26). The fourth-order valence-electron chi connectivity index (χ4n) is 2.52. The van der Waals surface area contributed by atoms with Crippen LogP contribution >= 0.6 is 0 Å². The first-order chi connectivity index (χ1) is 13.0. The Morgan fingerprint density at radius 1 is 1.04 bits per heavy atom. The molecule has 0 saturated heterocycles. The number of carbonyl (C=O) groups is 1. The van der Waals surface area contributed by atoms with Gasteiger partial charge in [-0.1, -0.05) is 18.2 Å². The number of halogens is 1. The molecule has 3 aromatic rings. The van der Waals surface area contributed by atoms with Crippen LogP contribution in [0.25, 0.3) is 0 Å². The van der Waals surface area contributed by atoms with Crippen LogP contribution in [0.4, 0.5) is 27.5 Å². The summed E-state index contributed by atoms with van der Waals surface area (Å²) >= 11 is 0. The van der Waals surface area contributed by atoms with Crippen LogP contribution in [0.15, 0.2) is 54.6 Å². The Labute approximate surface area is 156 Å². The maximum absolute atomic E-state index is 13.7. The fourth-order valence-corrected chi connectivity index (χ4v) is 2.52. The largest absolute Gasteiger partial charge is 0.350 e. The summed E-state index contributed by atoms with van der Waals surface area (Å²) in [5, 5.41) is 8.97. The van der Waals surface area contributed by atoms with Gasteiger partial charge in [0.2, 0.25) is 11.9 Å². The highest BCUT2D eigenvalue weighted by Gasteiger charge is 2.05. The maximum atomic E-state index is 13.7. The predicted octanol–water partition coefficient (Wildman–Crippen LogP) is 4.24. The molecule has 3 rings (SSSR count). The van der Waals surface area contributed by atoms with Crippen LogP contribution in [0, 0.1) is 12.7 Å². The molecule has 0 atom stereocenters. The number of nitrogens with one attached hydrogen (secondary N) is 3. The summed E-state index contributed by atoms with van der Waals surface area (Å²) in [6, 6.07) is 15.7. The van der Waals surface area contributed by atoms with Crippen LogP contribution in [0.2, 0.25) is 0 Å². The first-order valence-electron chi connectivity index (χ1n) is 8.47. The Hall–Kier alpha value is -3.48. The zero-order chi connectivity index (χ0) is 19.2. The highest BCUT2D eigenvalue weighted by atomic mass is 19.1. The van der Waals surface area contributed by atoms with Crippen LogP contribution < -0.4 is 16.0 Å². The lowest BCUT2D eigenvalue weighted by atomic mass is 10.2. The summed E-state index contributed by atoms with van der Waals surface area (Å²) in [5.41, 5.74) is 2.87. The molecule has 0 aliphatic rings. The topological polar surface area (TPSA) is 78.9 Å². The Morgan fingerprint density at radius 3 is 2.44 bits per heavy atom. The Kier molecular flexibility index (Phi) is 5.61. The van der Waals surface area contributed by atoms with Crippen molar-refractivity contribution in [3.8, 4) is 0 Å². The molecule has 0 saturated carbocycles. The van der Waals surface area contributed by atoms with Gasteiger partial charge in [0.05, 0.1) is 0 Å². The molecule has 138 valence electrons. The molecule has 2 aromatic carbocycles. The third-order valence-corrected chi connectivity index (χ3v) is 3.73. The van der Waals surface area contributed by atoms with Crippen LogP contribution in [0.3, 0.4) is 0 Å². The second kappa shape index (κ2) is 8.27. The second-order valence-corrected chi connectivity index (χ2v) is 6.05. The van der Waals surface area contributed by atoms with Gasteiger partial charge < -0.3 is 16.0 Å². The van der Waals surface area contributed by atoms with Gasteiger partial charge in [-0.3, -0.25) is 4.79 Å². The van der Waals surface area contributed by atoms with Gasteiger partial charge in [0.1, 0.15) is 11.6 Å². The SMILES string of the molecule is CC(=O)Nc1ccc(Nc2cc(C)nc(NCc3ccccc3F)n2)cc1. The molecule has 7 heteroatoms. The van der Waals surface area contributed by atoms with Crippen molar-refractivity contribution in [2.75, 3.05) is 16.0 Å². The van der Waals surface area contributed by atoms with Crippen LogP contribution in [-0.2, 0) is 11.3 Å². The number of aromatic nitrogens is 2. The van der Waals surface area contributed by atoms with Crippen molar-refractivity contribution in [1.29, 1.82) is 0 Å². The van der Waals surface area contributed by atoms with E-state index in [0.29, 0.717) is 23.9 Å². The minimum absolute atomic E-state index is 0.118. The lowest BCUT2D eigenvalue weighted by molar-refractivity contribution is -0.114. The average molecular weight is 365 g/mol. The number of benzene rings is 2. The molecule has 6 nitrogen and oxygen atoms in total. The molecule has 0 unspecified atom stereocenters. The molecule has 3 N–H and O–H groups in total. The van der Waals surface area contributed by atoms with Crippen molar-refractivity contribution < 1.29 is 9.18 Å². The van der Waals surface area contributed by atoms with E-state index >= 15 is 0 Å². The number of rotatable bonds is 6. The third-order valence-electron chi connectivity index (χ3n) is 3.73. The lowest BCUT2D eigenvalue weighted by Crippen LogP contribution is -2.07. The maximum Gasteiger partial charge on any atom is 0.225 e.